The van der Waals surface area contributed by atoms with E-state index in [9.17, 15) is 0 Å². The van der Waals surface area contributed by atoms with E-state index < -0.39 is 0 Å². The van der Waals surface area contributed by atoms with Crippen LogP contribution in [0.5, 0.6) is 0 Å². The summed E-state index contributed by atoms with van der Waals surface area (Å²) >= 11 is 1.59. The number of thioether (sulfide) groups is 1. The van der Waals surface area contributed by atoms with Gasteiger partial charge < -0.3 is 0 Å². The Morgan fingerprint density at radius 3 is 3.00 bits per heavy atom. The van der Waals surface area contributed by atoms with E-state index in [1.54, 1.807) is 18.0 Å². The van der Waals surface area contributed by atoms with Gasteiger partial charge in [-0.3, -0.25) is 0 Å². The van der Waals surface area contributed by atoms with Gasteiger partial charge in [0.25, 0.3) is 0 Å². The van der Waals surface area contributed by atoms with E-state index in [-0.39, 0.29) is 0 Å². The van der Waals surface area contributed by atoms with Crippen LogP contribution in [0.1, 0.15) is 0 Å². The lowest BCUT2D eigenvalue weighted by Gasteiger charge is -1.86. The van der Waals surface area contributed by atoms with E-state index in [1.807, 2.05) is 6.08 Å². The number of aliphatic imine (C=N–C) groups is 1. The summed E-state index contributed by atoms with van der Waals surface area (Å²) in [6.45, 7) is 0. The molecule has 0 aromatic rings. The van der Waals surface area contributed by atoms with Crippen LogP contribution in [-0.2, 0) is 0 Å². The fourth-order valence-corrected chi connectivity index (χ4v) is 0.641. The smallest absolute Gasteiger partial charge is 0.128 e. The third-order valence-corrected chi connectivity index (χ3v) is 1.07. The lowest BCUT2D eigenvalue weighted by Crippen LogP contribution is -1.73. The first-order chi connectivity index (χ1) is 3.00. The lowest BCUT2D eigenvalue weighted by molar-refractivity contribution is 1.55. The highest BCUT2D eigenvalue weighted by Crippen LogP contribution is 1.99. The average Bonchev–Trinajstić information content (AvgIpc) is 1.72. The molecule has 0 fully saturated rings. The van der Waals surface area contributed by atoms with Gasteiger partial charge in [0.2, 0.25) is 0 Å². The van der Waals surface area contributed by atoms with E-state index in [0.29, 0.717) is 0 Å². The molecule has 0 atom stereocenters. The minimum absolute atomic E-state index is 1.03. The zero-order valence-corrected chi connectivity index (χ0v) is 4.03. The van der Waals surface area contributed by atoms with Crippen LogP contribution < -0.4 is 0 Å². The van der Waals surface area contributed by atoms with Gasteiger partial charge >= 0.3 is 0 Å². The van der Waals surface area contributed by atoms with E-state index in [1.165, 1.54) is 0 Å². The van der Waals surface area contributed by atoms with Crippen molar-refractivity contribution in [3.05, 3.63) is 12.3 Å². The number of hydrogen-bond acceptors (Lipinski definition) is 2. The summed E-state index contributed by atoms with van der Waals surface area (Å²) in [6, 6.07) is 0. The van der Waals surface area contributed by atoms with Crippen LogP contribution in [0.2, 0.25) is 0 Å². The second kappa shape index (κ2) is 2.03. The zero-order valence-electron chi connectivity index (χ0n) is 3.22. The summed E-state index contributed by atoms with van der Waals surface area (Å²) in [6.07, 6.45) is 3.76. The Bertz CT molecular complexity index is 73.5. The normalized spacial score (nSPS) is 18.7. The Balaban J connectivity index is 2.46. The van der Waals surface area contributed by atoms with Crippen LogP contribution >= 0.6 is 11.8 Å². The number of rotatable bonds is 0. The minimum atomic E-state index is 1.03. The molecule has 0 aliphatic carbocycles. The van der Waals surface area contributed by atoms with Gasteiger partial charge in [-0.2, -0.15) is 0 Å². The van der Waals surface area contributed by atoms with Gasteiger partial charge in [0.1, 0.15) is 5.55 Å². The first-order valence-electron chi connectivity index (χ1n) is 1.72. The van der Waals surface area contributed by atoms with Gasteiger partial charge in [-0.25, -0.2) is 4.99 Å². The maximum atomic E-state index is 3.71. The molecule has 1 heterocycles. The first kappa shape index (κ1) is 3.93. The van der Waals surface area contributed by atoms with Crippen LogP contribution in [0.4, 0.5) is 0 Å². The predicted molar refractivity (Wildman–Crippen MR) is 29.0 cm³/mol. The minimum Gasteiger partial charge on any atom is -0.247 e. The maximum absolute atomic E-state index is 3.71. The molecule has 0 amide bonds. The van der Waals surface area contributed by atoms with Gasteiger partial charge in [-0.15, -0.1) is 0 Å². The molecule has 0 N–H and O–H groups in total. The van der Waals surface area contributed by atoms with Crippen molar-refractivity contribution in [3.8, 4) is 0 Å². The lowest BCUT2D eigenvalue weighted by atomic mass is 10.7. The average molecular weight is 98.2 g/mol. The fourth-order valence-electron chi connectivity index (χ4n) is 0.249. The Labute approximate surface area is 41.2 Å². The van der Waals surface area contributed by atoms with Gasteiger partial charge in [0.05, 0.1) is 0 Å². The number of nitrogens with zero attached hydrogens (tertiary/aromatic N) is 1. The monoisotopic (exact) mass is 98.0 g/mol. The molecule has 2 heteroatoms. The topological polar surface area (TPSA) is 12.4 Å². The van der Waals surface area contributed by atoms with Crippen molar-refractivity contribution in [2.75, 3.05) is 5.75 Å². The molecule has 31 valence electrons. The zero-order chi connectivity index (χ0) is 4.24. The van der Waals surface area contributed by atoms with Crippen LogP contribution in [0, 0.1) is 0 Å². The van der Waals surface area contributed by atoms with Crippen LogP contribution in [0.3, 0.4) is 0 Å². The Kier molecular flexibility index (Phi) is 1.33. The molecule has 0 unspecified atom stereocenters. The van der Waals surface area contributed by atoms with Crippen molar-refractivity contribution in [1.29, 1.82) is 0 Å². The molecule has 0 bridgehead atoms. The molecule has 0 saturated carbocycles. The number of hydrogen-bond donors (Lipinski definition) is 0. The molecule has 1 radical (unpaired) electrons. The highest BCUT2D eigenvalue weighted by atomic mass is 32.2. The molecule has 6 heavy (non-hydrogen) atoms. The second-order valence-corrected chi connectivity index (χ2v) is 1.72. The molecule has 0 spiro atoms. The summed E-state index contributed by atoms with van der Waals surface area (Å²) in [5.74, 6) is 1.03. The van der Waals surface area contributed by atoms with E-state index in [4.69, 9.17) is 0 Å². The maximum Gasteiger partial charge on any atom is 0.128 e. The van der Waals surface area contributed by atoms with E-state index in [0.717, 1.165) is 5.75 Å². The molecule has 1 aliphatic heterocycles. The van der Waals surface area contributed by atoms with Crippen LogP contribution in [0.15, 0.2) is 17.3 Å². The standard InChI is InChI=1S/C4H4NS/c1-2-5-4-6-3-1/h1-2H,3H2. The highest BCUT2D eigenvalue weighted by Gasteiger charge is 1.80. The quantitative estimate of drug-likeness (QED) is 0.442. The molecular weight excluding hydrogens is 94.1 g/mol. The fraction of sp³-hybridized carbons (Fsp3) is 0.250. The SMILES string of the molecule is [C]1=NC=CCS1. The van der Waals surface area contributed by atoms with Crippen LogP contribution in [0.25, 0.3) is 0 Å². The summed E-state index contributed by atoms with van der Waals surface area (Å²) < 4.78 is 0. The summed E-state index contributed by atoms with van der Waals surface area (Å²) in [5, 5.41) is 0. The largest absolute Gasteiger partial charge is 0.247 e. The van der Waals surface area contributed by atoms with Crippen molar-refractivity contribution in [2.45, 2.75) is 0 Å². The highest BCUT2D eigenvalue weighted by molar-refractivity contribution is 8.12. The molecule has 1 aliphatic rings. The molecule has 1 rings (SSSR count). The molecular formula is C4H4NS. The first-order valence-corrected chi connectivity index (χ1v) is 2.70. The molecule has 0 saturated heterocycles. The molecule has 0 aromatic heterocycles. The Morgan fingerprint density at radius 2 is 2.83 bits per heavy atom. The van der Waals surface area contributed by atoms with Crippen molar-refractivity contribution < 1.29 is 0 Å². The van der Waals surface area contributed by atoms with Crippen molar-refractivity contribution in [2.24, 2.45) is 4.99 Å². The summed E-state index contributed by atoms with van der Waals surface area (Å²) in [5.41, 5.74) is 2.74. The molecule has 1 nitrogen and oxygen atoms in total. The summed E-state index contributed by atoms with van der Waals surface area (Å²) in [4.78, 5) is 3.71. The van der Waals surface area contributed by atoms with Gasteiger partial charge in [0, 0.05) is 12.0 Å². The van der Waals surface area contributed by atoms with Gasteiger partial charge in [-0.05, 0) is 0 Å². The van der Waals surface area contributed by atoms with Gasteiger partial charge in [-0.1, -0.05) is 17.8 Å². The predicted octanol–water partition coefficient (Wildman–Crippen LogP) is 1.15. The third-order valence-electron chi connectivity index (χ3n) is 0.477. The molecule has 0 aromatic carbocycles. The van der Waals surface area contributed by atoms with Crippen molar-refractivity contribution >= 4 is 17.3 Å². The van der Waals surface area contributed by atoms with Crippen molar-refractivity contribution in [3.63, 3.8) is 0 Å². The summed E-state index contributed by atoms with van der Waals surface area (Å²) in [7, 11) is 0. The Morgan fingerprint density at radius 1 is 1.83 bits per heavy atom. The Hall–Kier alpha value is -0.240. The third kappa shape index (κ3) is 0.863. The van der Waals surface area contributed by atoms with E-state index in [2.05, 4.69) is 10.5 Å². The van der Waals surface area contributed by atoms with Crippen LogP contribution in [-0.4, -0.2) is 11.3 Å². The second-order valence-electron chi connectivity index (χ2n) is 0.916. The van der Waals surface area contributed by atoms with Crippen molar-refractivity contribution in [1.82, 2.24) is 0 Å². The van der Waals surface area contributed by atoms with E-state index >= 15 is 0 Å². The van der Waals surface area contributed by atoms with Gasteiger partial charge in [0.15, 0.2) is 0 Å².